The summed E-state index contributed by atoms with van der Waals surface area (Å²) in [7, 11) is 3.05. The van der Waals surface area contributed by atoms with Crippen LogP contribution in [0, 0.1) is 5.92 Å². The highest BCUT2D eigenvalue weighted by Gasteiger charge is 2.36. The van der Waals surface area contributed by atoms with Crippen LogP contribution in [-0.2, 0) is 22.1 Å². The number of amides is 1. The summed E-state index contributed by atoms with van der Waals surface area (Å²) in [6, 6.07) is 10.6. The lowest BCUT2D eigenvalue weighted by Crippen LogP contribution is -2.30. The van der Waals surface area contributed by atoms with E-state index < -0.39 is 17.7 Å². The van der Waals surface area contributed by atoms with Crippen molar-refractivity contribution in [1.82, 2.24) is 0 Å². The van der Waals surface area contributed by atoms with E-state index >= 15 is 0 Å². The highest BCUT2D eigenvalue weighted by atomic mass is 19.4. The maximum atomic E-state index is 13.1. The zero-order chi connectivity index (χ0) is 19.6. The van der Waals surface area contributed by atoms with Crippen molar-refractivity contribution in [2.45, 2.75) is 18.5 Å². The smallest absolute Gasteiger partial charge is 0.416 e. The predicted octanol–water partition coefficient (Wildman–Crippen LogP) is 4.26. The summed E-state index contributed by atoms with van der Waals surface area (Å²) >= 11 is 0. The van der Waals surface area contributed by atoms with Crippen LogP contribution >= 0.6 is 0 Å². The van der Waals surface area contributed by atoms with Gasteiger partial charge in [0.2, 0.25) is 5.91 Å². The molecule has 0 unspecified atom stereocenters. The fourth-order valence-electron chi connectivity index (χ4n) is 3.42. The van der Waals surface area contributed by atoms with Crippen molar-refractivity contribution < 1.29 is 27.4 Å². The largest absolute Gasteiger partial charge is 0.497 e. The molecule has 0 saturated heterocycles. The number of anilines is 1. The molecule has 2 aromatic carbocycles. The molecule has 0 aromatic heterocycles. The van der Waals surface area contributed by atoms with Crippen molar-refractivity contribution in [1.29, 1.82) is 0 Å². The number of ether oxygens (including phenoxy) is 2. The molecular weight excluding hydrogens is 359 g/mol. The molecule has 0 fully saturated rings. The molecule has 0 spiro atoms. The van der Waals surface area contributed by atoms with E-state index in [2.05, 4.69) is 5.32 Å². The summed E-state index contributed by atoms with van der Waals surface area (Å²) in [5.74, 6) is -0.443. The van der Waals surface area contributed by atoms with Crippen LogP contribution in [0.25, 0.3) is 0 Å². The van der Waals surface area contributed by atoms with Crippen molar-refractivity contribution in [3.8, 4) is 5.75 Å². The highest BCUT2D eigenvalue weighted by molar-refractivity contribution is 5.95. The summed E-state index contributed by atoms with van der Waals surface area (Å²) in [6.45, 7) is 0.169. The number of methoxy groups -OCH3 is 2. The van der Waals surface area contributed by atoms with Crippen LogP contribution in [0.2, 0.25) is 0 Å². The third-order valence-corrected chi connectivity index (χ3v) is 4.84. The molecule has 144 valence electrons. The molecule has 3 rings (SSSR count). The number of hydrogen-bond acceptors (Lipinski definition) is 3. The van der Waals surface area contributed by atoms with Crippen molar-refractivity contribution in [3.63, 3.8) is 0 Å². The summed E-state index contributed by atoms with van der Waals surface area (Å²) in [6.07, 6.45) is -4.15. The Morgan fingerprint density at radius 1 is 1.11 bits per heavy atom. The van der Waals surface area contributed by atoms with Gasteiger partial charge in [0, 0.05) is 18.7 Å². The number of alkyl halides is 3. The SMILES string of the molecule is COC[C@@H]1C(=O)Nc2ccc(C(F)(F)F)cc2C[C@@H]1c1ccc(OC)cc1. The average Bonchev–Trinajstić information content (AvgIpc) is 2.77. The zero-order valence-corrected chi connectivity index (χ0v) is 15.0. The minimum absolute atomic E-state index is 0.169. The zero-order valence-electron chi connectivity index (χ0n) is 15.0. The number of halogens is 3. The Kier molecular flexibility index (Phi) is 5.41. The average molecular weight is 379 g/mol. The predicted molar refractivity (Wildman–Crippen MR) is 94.9 cm³/mol. The number of nitrogens with one attached hydrogen (secondary N) is 1. The van der Waals surface area contributed by atoms with Gasteiger partial charge in [-0.05, 0) is 47.9 Å². The standard InChI is InChI=1S/C20H20F3NO3/c1-26-11-17-16(12-3-6-15(27-2)7-4-12)10-13-9-14(20(21,22)23)5-8-18(13)24-19(17)25/h3-9,16-17H,10-11H2,1-2H3,(H,24,25)/t16-,17+/m1/s1. The molecule has 27 heavy (non-hydrogen) atoms. The topological polar surface area (TPSA) is 47.6 Å². The van der Waals surface area contributed by atoms with Crippen LogP contribution in [0.15, 0.2) is 42.5 Å². The van der Waals surface area contributed by atoms with Crippen LogP contribution in [0.5, 0.6) is 5.75 Å². The Bertz CT molecular complexity index is 818. The molecule has 2 atom stereocenters. The molecule has 1 aliphatic heterocycles. The lowest BCUT2D eigenvalue weighted by atomic mass is 9.82. The number of hydrogen-bond donors (Lipinski definition) is 1. The number of rotatable bonds is 4. The van der Waals surface area contributed by atoms with Crippen molar-refractivity contribution in [3.05, 3.63) is 59.2 Å². The molecular formula is C20H20F3NO3. The van der Waals surface area contributed by atoms with Gasteiger partial charge in [-0.15, -0.1) is 0 Å². The Morgan fingerprint density at radius 2 is 1.81 bits per heavy atom. The molecule has 1 heterocycles. The van der Waals surface area contributed by atoms with E-state index in [4.69, 9.17) is 9.47 Å². The number of benzene rings is 2. The van der Waals surface area contributed by atoms with Crippen LogP contribution in [0.3, 0.4) is 0 Å². The first-order valence-corrected chi connectivity index (χ1v) is 8.47. The van der Waals surface area contributed by atoms with Gasteiger partial charge in [-0.2, -0.15) is 13.2 Å². The summed E-state index contributed by atoms with van der Waals surface area (Å²) in [4.78, 5) is 12.7. The first-order valence-electron chi connectivity index (χ1n) is 8.47. The molecule has 0 bridgehead atoms. The number of carbonyl (C=O) groups excluding carboxylic acids is 1. The van der Waals surface area contributed by atoms with Gasteiger partial charge >= 0.3 is 6.18 Å². The second-order valence-corrected chi connectivity index (χ2v) is 6.50. The quantitative estimate of drug-likeness (QED) is 0.864. The van der Waals surface area contributed by atoms with Gasteiger partial charge in [-0.3, -0.25) is 4.79 Å². The molecule has 7 heteroatoms. The van der Waals surface area contributed by atoms with Crippen LogP contribution in [-0.4, -0.2) is 26.7 Å². The Morgan fingerprint density at radius 3 is 2.41 bits per heavy atom. The first kappa shape index (κ1) is 19.2. The molecule has 0 aliphatic carbocycles. The molecule has 0 radical (unpaired) electrons. The minimum atomic E-state index is -4.44. The number of carbonyl (C=O) groups is 1. The van der Waals surface area contributed by atoms with E-state index in [0.717, 1.165) is 17.7 Å². The molecule has 1 N–H and O–H groups in total. The van der Waals surface area contributed by atoms with Gasteiger partial charge in [-0.25, -0.2) is 0 Å². The third-order valence-electron chi connectivity index (χ3n) is 4.84. The normalized spacial score (nSPS) is 19.8. The van der Waals surface area contributed by atoms with Crippen LogP contribution in [0.4, 0.5) is 18.9 Å². The van der Waals surface area contributed by atoms with Gasteiger partial charge in [-0.1, -0.05) is 12.1 Å². The summed E-state index contributed by atoms with van der Waals surface area (Å²) < 4.78 is 49.7. The van der Waals surface area contributed by atoms with E-state index in [1.807, 2.05) is 12.1 Å². The van der Waals surface area contributed by atoms with Gasteiger partial charge in [0.15, 0.2) is 0 Å². The molecule has 1 aliphatic rings. The molecule has 0 saturated carbocycles. The van der Waals surface area contributed by atoms with E-state index in [-0.39, 0.29) is 18.4 Å². The lowest BCUT2D eigenvalue weighted by molar-refractivity contribution is -0.137. The molecule has 1 amide bonds. The second-order valence-electron chi connectivity index (χ2n) is 6.50. The van der Waals surface area contributed by atoms with E-state index in [1.54, 1.807) is 19.2 Å². The summed E-state index contributed by atoms with van der Waals surface area (Å²) in [5.41, 5.74) is 0.982. The van der Waals surface area contributed by atoms with E-state index in [1.165, 1.54) is 13.2 Å². The minimum Gasteiger partial charge on any atom is -0.497 e. The maximum Gasteiger partial charge on any atom is 0.416 e. The Balaban J connectivity index is 2.04. The molecule has 2 aromatic rings. The number of fused-ring (bicyclic) bond motifs is 1. The fraction of sp³-hybridized carbons (Fsp3) is 0.350. The second kappa shape index (κ2) is 7.60. The van der Waals surface area contributed by atoms with Crippen molar-refractivity contribution >= 4 is 11.6 Å². The van der Waals surface area contributed by atoms with Gasteiger partial charge in [0.25, 0.3) is 0 Å². The van der Waals surface area contributed by atoms with Gasteiger partial charge < -0.3 is 14.8 Å². The van der Waals surface area contributed by atoms with Crippen molar-refractivity contribution in [2.75, 3.05) is 26.1 Å². The Hall–Kier alpha value is -2.54. The third kappa shape index (κ3) is 4.08. The van der Waals surface area contributed by atoms with Gasteiger partial charge in [0.05, 0.1) is 25.2 Å². The molecule has 4 nitrogen and oxygen atoms in total. The fourth-order valence-corrected chi connectivity index (χ4v) is 3.42. The first-order chi connectivity index (χ1) is 12.8. The monoisotopic (exact) mass is 379 g/mol. The van der Waals surface area contributed by atoms with Crippen molar-refractivity contribution in [2.24, 2.45) is 5.92 Å². The van der Waals surface area contributed by atoms with Crippen LogP contribution in [0.1, 0.15) is 22.6 Å². The van der Waals surface area contributed by atoms with Crippen LogP contribution < -0.4 is 10.1 Å². The Labute approximate surface area is 155 Å². The van der Waals surface area contributed by atoms with E-state index in [0.29, 0.717) is 23.4 Å². The summed E-state index contributed by atoms with van der Waals surface area (Å²) in [5, 5.41) is 2.75. The van der Waals surface area contributed by atoms with Gasteiger partial charge in [0.1, 0.15) is 5.75 Å². The van der Waals surface area contributed by atoms with E-state index in [9.17, 15) is 18.0 Å². The maximum absolute atomic E-state index is 13.1. The lowest BCUT2D eigenvalue weighted by Gasteiger charge is -2.23. The highest BCUT2D eigenvalue weighted by Crippen LogP contribution is 2.39.